The largest absolute Gasteiger partial charge is 0.370 e. The van der Waals surface area contributed by atoms with Crippen molar-refractivity contribution in [3.63, 3.8) is 0 Å². The first kappa shape index (κ1) is 25.3. The number of aromatic nitrogens is 1. The van der Waals surface area contributed by atoms with Crippen LogP contribution in [0.3, 0.4) is 0 Å². The third-order valence-electron chi connectivity index (χ3n) is 5.00. The Hall–Kier alpha value is -1.94. The van der Waals surface area contributed by atoms with Crippen molar-refractivity contribution in [3.05, 3.63) is 29.4 Å². The van der Waals surface area contributed by atoms with Crippen molar-refractivity contribution in [2.45, 2.75) is 62.8 Å². The van der Waals surface area contributed by atoms with E-state index in [9.17, 15) is 13.2 Å². The molecule has 1 aromatic carbocycles. The van der Waals surface area contributed by atoms with Crippen LogP contribution in [0, 0.1) is 0 Å². The highest BCUT2D eigenvalue weighted by Crippen LogP contribution is 2.34. The van der Waals surface area contributed by atoms with Crippen LogP contribution >= 0.6 is 23.2 Å². The number of carbonyl (C=O) groups is 1. The van der Waals surface area contributed by atoms with Crippen LogP contribution in [0.2, 0.25) is 5.02 Å². The first-order valence-corrected chi connectivity index (χ1v) is 12.3. The van der Waals surface area contributed by atoms with Crippen molar-refractivity contribution >= 4 is 61.0 Å². The van der Waals surface area contributed by atoms with Gasteiger partial charge in [-0.3, -0.25) is 4.79 Å². The van der Waals surface area contributed by atoms with Crippen molar-refractivity contribution in [1.82, 2.24) is 9.71 Å². The molecule has 5 N–H and O–H groups in total. The molecule has 8 nitrogen and oxygen atoms in total. The minimum Gasteiger partial charge on any atom is -0.370 e. The molecule has 3 rings (SSSR count). The summed E-state index contributed by atoms with van der Waals surface area (Å²) in [6.07, 6.45) is 5.37. The zero-order valence-corrected chi connectivity index (χ0v) is 19.8. The number of rotatable bonds is 5. The predicted octanol–water partition coefficient (Wildman–Crippen LogP) is 3.96. The van der Waals surface area contributed by atoms with E-state index in [-0.39, 0.29) is 16.7 Å². The Labute approximate surface area is 192 Å². The summed E-state index contributed by atoms with van der Waals surface area (Å²) in [6.45, 7) is 4.00. The van der Waals surface area contributed by atoms with Crippen LogP contribution < -0.4 is 16.2 Å². The number of nitrogens with zero attached hydrogens (tertiary/aromatic N) is 2. The summed E-state index contributed by atoms with van der Waals surface area (Å²) < 4.78 is 28.8. The van der Waals surface area contributed by atoms with E-state index in [1.807, 2.05) is 13.8 Å². The summed E-state index contributed by atoms with van der Waals surface area (Å²) in [7, 11) is -4.07. The first-order chi connectivity index (χ1) is 14.6. The van der Waals surface area contributed by atoms with Crippen molar-refractivity contribution in [2.75, 3.05) is 0 Å². The number of nitrogens with two attached hydrogens (primary N) is 2. The maximum atomic E-state index is 13.1. The molecule has 0 amide bonds. The molecule has 0 unspecified atom stereocenters. The number of hydrogen-bond donors (Lipinski definition) is 3. The summed E-state index contributed by atoms with van der Waals surface area (Å²) in [4.78, 5) is 20.1. The number of pyridine rings is 1. The lowest BCUT2D eigenvalue weighted by molar-refractivity contribution is -0.117. The van der Waals surface area contributed by atoms with Crippen molar-refractivity contribution in [1.29, 1.82) is 0 Å². The second kappa shape index (κ2) is 10.6. The summed E-state index contributed by atoms with van der Waals surface area (Å²) in [5, 5.41) is 0.524. The summed E-state index contributed by atoms with van der Waals surface area (Å²) in [6, 6.07) is 4.32. The molecule has 1 aromatic heterocycles. The van der Waals surface area contributed by atoms with Crippen molar-refractivity contribution in [2.24, 2.45) is 16.5 Å². The molecule has 0 atom stereocenters. The maximum absolute atomic E-state index is 13.1. The van der Waals surface area contributed by atoms with Crippen LogP contribution in [0.5, 0.6) is 0 Å². The zero-order valence-electron chi connectivity index (χ0n) is 17.5. The normalized spacial score (nSPS) is 16.0. The average molecular weight is 488 g/mol. The van der Waals surface area contributed by atoms with Gasteiger partial charge in [-0.25, -0.2) is 13.4 Å². The van der Waals surface area contributed by atoms with Gasteiger partial charge in [-0.1, -0.05) is 57.2 Å². The minimum atomic E-state index is -4.07. The third-order valence-corrected chi connectivity index (χ3v) is 7.19. The van der Waals surface area contributed by atoms with Crippen LogP contribution in [0.15, 0.2) is 34.3 Å². The molecule has 1 fully saturated rings. The number of guanidine groups is 1. The van der Waals surface area contributed by atoms with E-state index in [0.717, 1.165) is 12.8 Å². The molecule has 1 saturated carbocycles. The molecule has 11 heteroatoms. The summed E-state index contributed by atoms with van der Waals surface area (Å²) in [5.41, 5.74) is 9.56. The topological polar surface area (TPSA) is 141 Å². The molecular formula is C20H27Cl2N5O3S. The monoisotopic (exact) mass is 487 g/mol. The molecule has 0 bridgehead atoms. The van der Waals surface area contributed by atoms with Gasteiger partial charge in [-0.05, 0) is 36.6 Å². The lowest BCUT2D eigenvalue weighted by Crippen LogP contribution is -2.52. The third kappa shape index (κ3) is 5.85. The van der Waals surface area contributed by atoms with E-state index in [1.165, 1.54) is 18.3 Å². The summed E-state index contributed by atoms with van der Waals surface area (Å²) in [5.74, 6) is -0.0864. The van der Waals surface area contributed by atoms with E-state index < -0.39 is 20.8 Å². The van der Waals surface area contributed by atoms with Gasteiger partial charge in [0.1, 0.15) is 5.54 Å². The van der Waals surface area contributed by atoms with Crippen molar-refractivity contribution in [3.8, 4) is 0 Å². The second-order valence-electron chi connectivity index (χ2n) is 7.05. The van der Waals surface area contributed by atoms with Crippen molar-refractivity contribution < 1.29 is 13.2 Å². The molecule has 0 spiro atoms. The van der Waals surface area contributed by atoms with E-state index >= 15 is 0 Å². The molecule has 31 heavy (non-hydrogen) atoms. The number of fused-ring (bicyclic) bond motifs is 1. The number of halogens is 2. The number of benzene rings is 1. The number of hydrogen-bond acceptors (Lipinski definition) is 5. The van der Waals surface area contributed by atoms with Gasteiger partial charge in [0.05, 0.1) is 9.92 Å². The number of aliphatic imine (C=N–C) groups is 1. The molecule has 0 aliphatic heterocycles. The van der Waals surface area contributed by atoms with Crippen LogP contribution in [0.25, 0.3) is 10.8 Å². The molecule has 170 valence electrons. The SMILES string of the molecule is CC.NC(N)=Nc1ncc(Cl)c2ccc(S(=O)(=O)NC3(C(=O)Cl)CCCCCC3)cc12. The van der Waals surface area contributed by atoms with Gasteiger partial charge in [-0.15, -0.1) is 0 Å². The Morgan fingerprint density at radius 1 is 1.13 bits per heavy atom. The predicted molar refractivity (Wildman–Crippen MR) is 125 cm³/mol. The lowest BCUT2D eigenvalue weighted by Gasteiger charge is -2.29. The van der Waals surface area contributed by atoms with Crippen LogP contribution in [-0.4, -0.2) is 30.1 Å². The lowest BCUT2D eigenvalue weighted by atomic mass is 9.93. The van der Waals surface area contributed by atoms with Crippen LogP contribution in [0.1, 0.15) is 52.4 Å². The number of sulfonamides is 1. The van der Waals surface area contributed by atoms with E-state index in [2.05, 4.69) is 14.7 Å². The molecule has 1 aliphatic rings. The molecule has 0 radical (unpaired) electrons. The highest BCUT2D eigenvalue weighted by molar-refractivity contribution is 7.89. The fourth-order valence-corrected chi connectivity index (χ4v) is 5.49. The fourth-order valence-electron chi connectivity index (χ4n) is 3.54. The van der Waals surface area contributed by atoms with Gasteiger partial charge in [0.25, 0.3) is 0 Å². The standard InChI is InChI=1S/C18H21Cl2N5O3S.C2H6/c19-14-10-23-15(24-17(21)22)13-9-11(5-6-12(13)14)29(27,28)25-18(16(20)26)7-3-1-2-4-8-18;1-2/h5-6,9-10,25H,1-4,7-8H2,(H4,21,22,23,24);1-2H3. The van der Waals surface area contributed by atoms with Gasteiger partial charge in [0.2, 0.25) is 15.3 Å². The quantitative estimate of drug-likeness (QED) is 0.252. The first-order valence-electron chi connectivity index (χ1n) is 10.1. The number of nitrogens with one attached hydrogen (secondary N) is 1. The Balaban J connectivity index is 0.00000166. The van der Waals surface area contributed by atoms with E-state index in [4.69, 9.17) is 34.7 Å². The smallest absolute Gasteiger partial charge is 0.242 e. The Kier molecular flexibility index (Phi) is 8.65. The second-order valence-corrected chi connectivity index (χ2v) is 9.48. The Bertz CT molecular complexity index is 1080. The molecule has 1 heterocycles. The minimum absolute atomic E-state index is 0.0670. The summed E-state index contributed by atoms with van der Waals surface area (Å²) >= 11 is 12.0. The number of carbonyl (C=O) groups excluding carboxylic acids is 1. The van der Waals surface area contributed by atoms with E-state index in [0.29, 0.717) is 41.5 Å². The van der Waals surface area contributed by atoms with Gasteiger partial charge < -0.3 is 11.5 Å². The Morgan fingerprint density at radius 2 is 1.74 bits per heavy atom. The molecular weight excluding hydrogens is 461 g/mol. The van der Waals surface area contributed by atoms with Gasteiger partial charge >= 0.3 is 0 Å². The highest BCUT2D eigenvalue weighted by atomic mass is 35.5. The Morgan fingerprint density at radius 3 is 2.29 bits per heavy atom. The van der Waals surface area contributed by atoms with Gasteiger partial charge in [-0.2, -0.15) is 9.71 Å². The molecule has 2 aromatic rings. The fraction of sp³-hybridized carbons (Fsp3) is 0.450. The van der Waals surface area contributed by atoms with Gasteiger partial charge in [0.15, 0.2) is 11.8 Å². The maximum Gasteiger partial charge on any atom is 0.242 e. The van der Waals surface area contributed by atoms with E-state index in [1.54, 1.807) is 6.07 Å². The molecule has 1 aliphatic carbocycles. The van der Waals surface area contributed by atoms with Crippen LogP contribution in [0.4, 0.5) is 5.82 Å². The van der Waals surface area contributed by atoms with Crippen LogP contribution in [-0.2, 0) is 14.8 Å². The zero-order chi connectivity index (χ0) is 23.2. The molecule has 0 saturated heterocycles. The highest BCUT2D eigenvalue weighted by Gasteiger charge is 2.41. The average Bonchev–Trinajstić information content (AvgIpc) is 2.97. The van der Waals surface area contributed by atoms with Gasteiger partial charge in [0, 0.05) is 17.0 Å².